The molecular formula is C25H26Cl2N4O4S. The van der Waals surface area contributed by atoms with E-state index in [1.54, 1.807) is 19.1 Å². The molecule has 0 unspecified atom stereocenters. The van der Waals surface area contributed by atoms with Crippen LogP contribution in [0.4, 0.5) is 0 Å². The van der Waals surface area contributed by atoms with Gasteiger partial charge in [0, 0.05) is 31.7 Å². The molecule has 2 N–H and O–H groups in total. The number of rotatable bonds is 10. The van der Waals surface area contributed by atoms with Crippen LogP contribution in [0.5, 0.6) is 0 Å². The van der Waals surface area contributed by atoms with E-state index in [9.17, 15) is 13.2 Å². The van der Waals surface area contributed by atoms with Crippen molar-refractivity contribution in [1.29, 1.82) is 0 Å². The van der Waals surface area contributed by atoms with Crippen LogP contribution in [-0.2, 0) is 23.0 Å². The molecule has 3 aromatic rings. The van der Waals surface area contributed by atoms with Gasteiger partial charge >= 0.3 is 0 Å². The molecule has 0 atom stereocenters. The lowest BCUT2D eigenvalue weighted by Gasteiger charge is -2.24. The lowest BCUT2D eigenvalue weighted by molar-refractivity contribution is 0.0953. The zero-order valence-corrected chi connectivity index (χ0v) is 22.0. The second-order valence-electron chi connectivity index (χ2n) is 8.15. The molecule has 0 saturated carbocycles. The fourth-order valence-corrected chi connectivity index (χ4v) is 6.49. The van der Waals surface area contributed by atoms with E-state index in [1.165, 1.54) is 29.0 Å². The van der Waals surface area contributed by atoms with E-state index in [-0.39, 0.29) is 33.9 Å². The maximum atomic E-state index is 13.5. The number of amides is 1. The van der Waals surface area contributed by atoms with Crippen LogP contribution in [0.3, 0.4) is 0 Å². The minimum absolute atomic E-state index is 0.0742. The van der Waals surface area contributed by atoms with Gasteiger partial charge in [-0.2, -0.15) is 4.31 Å². The number of hydrogen-bond donors (Lipinski definition) is 2. The summed E-state index contributed by atoms with van der Waals surface area (Å²) in [5.41, 5.74) is 3.02. The van der Waals surface area contributed by atoms with Gasteiger partial charge in [0.15, 0.2) is 0 Å². The minimum atomic E-state index is -3.97. The third kappa shape index (κ3) is 5.75. The van der Waals surface area contributed by atoms with Gasteiger partial charge in [-0.1, -0.05) is 54.4 Å². The van der Waals surface area contributed by atoms with E-state index < -0.39 is 10.0 Å². The van der Waals surface area contributed by atoms with Crippen molar-refractivity contribution in [3.05, 3.63) is 87.3 Å². The number of carbonyl (C=O) groups is 1. The van der Waals surface area contributed by atoms with Crippen LogP contribution >= 0.6 is 23.2 Å². The molecule has 0 saturated heterocycles. The van der Waals surface area contributed by atoms with Gasteiger partial charge in [-0.15, -0.1) is 0 Å². The molecule has 0 fully saturated rings. The van der Waals surface area contributed by atoms with Gasteiger partial charge in [0.1, 0.15) is 17.0 Å². The molecule has 1 aliphatic rings. The number of amidine groups is 1. The third-order valence-electron chi connectivity index (χ3n) is 5.80. The minimum Gasteiger partial charge on any atom is -0.472 e. The maximum Gasteiger partial charge on any atom is 0.254 e. The maximum absolute atomic E-state index is 13.5. The van der Waals surface area contributed by atoms with Crippen LogP contribution in [0.2, 0.25) is 10.0 Å². The topological polar surface area (TPSA) is 104 Å². The van der Waals surface area contributed by atoms with E-state index in [1.807, 2.05) is 18.2 Å². The Morgan fingerprint density at radius 3 is 2.61 bits per heavy atom. The van der Waals surface area contributed by atoms with E-state index in [2.05, 4.69) is 15.6 Å². The Morgan fingerprint density at radius 1 is 1.19 bits per heavy atom. The average molecular weight is 549 g/mol. The summed E-state index contributed by atoms with van der Waals surface area (Å²) >= 11 is 12.5. The lowest BCUT2D eigenvalue weighted by atomic mass is 10.0. The number of nitrogens with one attached hydrogen (secondary N) is 2. The van der Waals surface area contributed by atoms with Gasteiger partial charge in [-0.3, -0.25) is 9.79 Å². The summed E-state index contributed by atoms with van der Waals surface area (Å²) in [5, 5.41) is 6.27. The highest BCUT2D eigenvalue weighted by molar-refractivity contribution is 7.89. The average Bonchev–Trinajstić information content (AvgIpc) is 3.57. The summed E-state index contributed by atoms with van der Waals surface area (Å²) in [6.07, 6.45) is 3.40. The van der Waals surface area contributed by atoms with Crippen LogP contribution in [0.15, 0.2) is 69.3 Å². The van der Waals surface area contributed by atoms with E-state index in [4.69, 9.17) is 27.6 Å². The SMILES string of the molecule is CCN(Cc1cc(CCNC(=O)c2ccoc2)ccc1C1=NCCN1)S(=O)(=O)c1c(Cl)cccc1Cl. The number of aliphatic imine (C=N–C) groups is 1. The Balaban J connectivity index is 1.59. The first kappa shape index (κ1) is 26.2. The van der Waals surface area contributed by atoms with Gasteiger partial charge in [0.2, 0.25) is 10.0 Å². The smallest absolute Gasteiger partial charge is 0.254 e. The highest BCUT2D eigenvalue weighted by Crippen LogP contribution is 2.32. The zero-order valence-electron chi connectivity index (χ0n) is 19.6. The van der Waals surface area contributed by atoms with Crippen molar-refractivity contribution < 1.29 is 17.6 Å². The fourth-order valence-electron chi connectivity index (χ4n) is 3.97. The summed E-state index contributed by atoms with van der Waals surface area (Å²) in [6.45, 7) is 3.87. The van der Waals surface area contributed by atoms with Gasteiger partial charge in [-0.05, 0) is 35.7 Å². The molecular weight excluding hydrogens is 523 g/mol. The molecule has 4 rings (SSSR count). The summed E-state index contributed by atoms with van der Waals surface area (Å²) in [7, 11) is -3.97. The molecule has 0 aliphatic carbocycles. The molecule has 1 aliphatic heterocycles. The molecule has 1 amide bonds. The Bertz CT molecular complexity index is 1350. The standard InChI is InChI=1S/C25H26Cl2N4O4S/c1-2-31(36(33,34)23-21(26)4-3-5-22(23)27)15-19-14-17(6-7-20(19)24-28-11-12-29-24)8-10-30-25(32)18-9-13-35-16-18/h3-7,9,13-14,16H,2,8,10-12,15H2,1H3,(H,28,29)(H,30,32). The Kier molecular flexibility index (Phi) is 8.35. The largest absolute Gasteiger partial charge is 0.472 e. The molecule has 8 nitrogen and oxygen atoms in total. The normalized spacial score (nSPS) is 13.5. The molecule has 0 bridgehead atoms. The van der Waals surface area contributed by atoms with Gasteiger partial charge < -0.3 is 15.1 Å². The number of benzene rings is 2. The van der Waals surface area contributed by atoms with Crippen molar-refractivity contribution in [2.75, 3.05) is 26.2 Å². The highest BCUT2D eigenvalue weighted by atomic mass is 35.5. The molecule has 2 aromatic carbocycles. The fraction of sp³-hybridized carbons (Fsp3) is 0.280. The predicted octanol–water partition coefficient (Wildman–Crippen LogP) is 4.12. The number of sulfonamides is 1. The highest BCUT2D eigenvalue weighted by Gasteiger charge is 2.29. The van der Waals surface area contributed by atoms with Crippen LogP contribution in [0, 0.1) is 0 Å². The second-order valence-corrected chi connectivity index (χ2v) is 10.8. The van der Waals surface area contributed by atoms with Crippen LogP contribution in [0.25, 0.3) is 0 Å². The van der Waals surface area contributed by atoms with Crippen molar-refractivity contribution >= 4 is 45.0 Å². The first-order valence-corrected chi connectivity index (χ1v) is 13.7. The first-order chi connectivity index (χ1) is 17.3. The summed E-state index contributed by atoms with van der Waals surface area (Å²) in [4.78, 5) is 16.6. The van der Waals surface area contributed by atoms with Crippen molar-refractivity contribution in [1.82, 2.24) is 14.9 Å². The number of hydrogen-bond acceptors (Lipinski definition) is 6. The summed E-state index contributed by atoms with van der Waals surface area (Å²) in [5.74, 6) is 0.513. The molecule has 36 heavy (non-hydrogen) atoms. The third-order valence-corrected chi connectivity index (χ3v) is 8.67. The van der Waals surface area contributed by atoms with Crippen LogP contribution in [0.1, 0.15) is 34.0 Å². The molecule has 0 radical (unpaired) electrons. The predicted molar refractivity (Wildman–Crippen MR) is 140 cm³/mol. The number of furan rings is 1. The Hall–Kier alpha value is -2.85. The van der Waals surface area contributed by atoms with Gasteiger partial charge in [0.25, 0.3) is 5.91 Å². The van der Waals surface area contributed by atoms with Crippen LogP contribution in [-0.4, -0.2) is 50.6 Å². The first-order valence-electron chi connectivity index (χ1n) is 11.5. The van der Waals surface area contributed by atoms with Gasteiger partial charge in [-0.25, -0.2) is 8.42 Å². The molecule has 190 valence electrons. The quantitative estimate of drug-likeness (QED) is 0.396. The number of halogens is 2. The van der Waals surface area contributed by atoms with Crippen molar-refractivity contribution in [2.45, 2.75) is 24.8 Å². The second kappa shape index (κ2) is 11.5. The summed E-state index contributed by atoms with van der Waals surface area (Å²) in [6, 6.07) is 12.1. The van der Waals surface area contributed by atoms with Crippen molar-refractivity contribution in [3.8, 4) is 0 Å². The Labute approximate surface area is 220 Å². The van der Waals surface area contributed by atoms with E-state index >= 15 is 0 Å². The Morgan fingerprint density at radius 2 is 1.97 bits per heavy atom. The van der Waals surface area contributed by atoms with Crippen molar-refractivity contribution in [2.24, 2.45) is 4.99 Å². The molecule has 1 aromatic heterocycles. The molecule has 2 heterocycles. The lowest BCUT2D eigenvalue weighted by Crippen LogP contribution is -2.32. The van der Waals surface area contributed by atoms with Crippen molar-refractivity contribution in [3.63, 3.8) is 0 Å². The molecule has 0 spiro atoms. The number of nitrogens with zero attached hydrogens (tertiary/aromatic N) is 2. The van der Waals surface area contributed by atoms with Crippen LogP contribution < -0.4 is 10.6 Å². The zero-order chi connectivity index (χ0) is 25.7. The summed E-state index contributed by atoms with van der Waals surface area (Å²) < 4.78 is 33.4. The van der Waals surface area contributed by atoms with E-state index in [0.29, 0.717) is 25.1 Å². The monoisotopic (exact) mass is 548 g/mol. The van der Waals surface area contributed by atoms with E-state index in [0.717, 1.165) is 29.1 Å². The number of carbonyl (C=O) groups excluding carboxylic acids is 1. The van der Waals surface area contributed by atoms with Gasteiger partial charge in [0.05, 0.1) is 28.4 Å². The molecule has 11 heteroatoms.